The van der Waals surface area contributed by atoms with E-state index in [1.165, 1.54) is 24.0 Å². The molecule has 1 nitrogen and oxygen atoms in total. The molecule has 0 fully saturated rings. The predicted octanol–water partition coefficient (Wildman–Crippen LogP) is 4.27. The van der Waals surface area contributed by atoms with Crippen LogP contribution in [0.2, 0.25) is 0 Å². The SMILES string of the molecule is C#CCCCC.CCCOc1cc2cc-2c1. The Morgan fingerprint density at radius 2 is 1.81 bits per heavy atom. The molecule has 0 aromatic carbocycles. The highest BCUT2D eigenvalue weighted by Crippen LogP contribution is 2.39. The molecule has 0 saturated carbocycles. The zero-order valence-electron chi connectivity index (χ0n) is 10.3. The van der Waals surface area contributed by atoms with E-state index in [2.05, 4.69) is 38.0 Å². The number of hydrogen-bond acceptors (Lipinski definition) is 1. The molecule has 86 valence electrons. The summed E-state index contributed by atoms with van der Waals surface area (Å²) in [5.41, 5.74) is 2.71. The molecular weight excluding hydrogens is 196 g/mol. The second-order valence-electron chi connectivity index (χ2n) is 3.90. The van der Waals surface area contributed by atoms with Gasteiger partial charge in [0.25, 0.3) is 0 Å². The molecule has 16 heavy (non-hydrogen) atoms. The van der Waals surface area contributed by atoms with Crippen molar-refractivity contribution < 1.29 is 4.74 Å². The lowest BCUT2D eigenvalue weighted by Crippen LogP contribution is -1.92. The van der Waals surface area contributed by atoms with E-state index in [4.69, 9.17) is 11.2 Å². The topological polar surface area (TPSA) is 9.23 Å². The van der Waals surface area contributed by atoms with E-state index in [0.29, 0.717) is 0 Å². The van der Waals surface area contributed by atoms with Crippen molar-refractivity contribution in [1.29, 1.82) is 0 Å². The van der Waals surface area contributed by atoms with E-state index in [0.717, 1.165) is 25.2 Å². The van der Waals surface area contributed by atoms with Crippen molar-refractivity contribution in [3.05, 3.63) is 18.2 Å². The lowest BCUT2D eigenvalue weighted by molar-refractivity contribution is 0.318. The number of unbranched alkanes of at least 4 members (excludes halogenated alkanes) is 2. The molecule has 0 saturated heterocycles. The number of fused-ring (bicyclic) bond motifs is 1. The first-order valence-electron chi connectivity index (χ1n) is 6.03. The van der Waals surface area contributed by atoms with Crippen LogP contribution in [-0.2, 0) is 0 Å². The molecule has 0 unspecified atom stereocenters. The standard InChI is InChI=1S/C9H10O.C6H10/c1-2-3-10-9-5-7-4-8(7)6-9;1-3-5-6-4-2/h4-6H,2-3H2,1H3;1H,4-6H2,2H3. The van der Waals surface area contributed by atoms with Gasteiger partial charge in [0.1, 0.15) is 5.75 Å². The maximum absolute atomic E-state index is 5.40. The zero-order valence-corrected chi connectivity index (χ0v) is 10.3. The van der Waals surface area contributed by atoms with Gasteiger partial charge in [-0.3, -0.25) is 0 Å². The van der Waals surface area contributed by atoms with Gasteiger partial charge in [-0.15, -0.1) is 12.3 Å². The predicted molar refractivity (Wildman–Crippen MR) is 69.6 cm³/mol. The molecule has 0 aliphatic heterocycles. The molecule has 2 aliphatic carbocycles. The van der Waals surface area contributed by atoms with Crippen molar-refractivity contribution in [2.75, 3.05) is 6.61 Å². The highest BCUT2D eigenvalue weighted by atomic mass is 16.5. The monoisotopic (exact) mass is 216 g/mol. The highest BCUT2D eigenvalue weighted by molar-refractivity contribution is 5.83. The van der Waals surface area contributed by atoms with Crippen LogP contribution in [0.1, 0.15) is 39.5 Å². The van der Waals surface area contributed by atoms with Crippen molar-refractivity contribution >= 4 is 0 Å². The van der Waals surface area contributed by atoms with Gasteiger partial charge in [0.15, 0.2) is 0 Å². The first-order valence-corrected chi connectivity index (χ1v) is 6.03. The van der Waals surface area contributed by atoms with Gasteiger partial charge in [-0.05, 0) is 42.2 Å². The summed E-state index contributed by atoms with van der Waals surface area (Å²) in [6, 6.07) is 6.33. The third-order valence-corrected chi connectivity index (χ3v) is 2.30. The molecule has 0 bridgehead atoms. The Bertz CT molecular complexity index is 340. The van der Waals surface area contributed by atoms with E-state index in [1.54, 1.807) is 0 Å². The Labute approximate surface area is 98.8 Å². The smallest absolute Gasteiger partial charge is 0.120 e. The first kappa shape index (κ1) is 12.6. The normalized spacial score (nSPS) is 9.81. The average molecular weight is 216 g/mol. The minimum Gasteiger partial charge on any atom is -0.494 e. The summed E-state index contributed by atoms with van der Waals surface area (Å²) in [5.74, 6) is 3.61. The van der Waals surface area contributed by atoms with Crippen LogP contribution in [0.5, 0.6) is 5.75 Å². The molecule has 0 heterocycles. The van der Waals surface area contributed by atoms with Crippen molar-refractivity contribution in [2.45, 2.75) is 39.5 Å². The molecular formula is C15H20O. The second kappa shape index (κ2) is 6.95. The summed E-state index contributed by atoms with van der Waals surface area (Å²) in [4.78, 5) is 0. The van der Waals surface area contributed by atoms with Gasteiger partial charge in [0, 0.05) is 6.42 Å². The first-order chi connectivity index (χ1) is 7.81. The number of benzene rings is 1. The summed E-state index contributed by atoms with van der Waals surface area (Å²) in [6.07, 6.45) is 9.38. The maximum atomic E-state index is 5.40. The minimum atomic E-state index is 0.836. The lowest BCUT2D eigenvalue weighted by atomic mass is 10.3. The van der Waals surface area contributed by atoms with Crippen LogP contribution in [0, 0.1) is 12.3 Å². The molecule has 2 aliphatic rings. The van der Waals surface area contributed by atoms with E-state index in [9.17, 15) is 0 Å². The molecule has 0 amide bonds. The maximum Gasteiger partial charge on any atom is 0.120 e. The molecule has 2 rings (SSSR count). The number of rotatable bonds is 5. The molecule has 0 N–H and O–H groups in total. The van der Waals surface area contributed by atoms with Crippen molar-refractivity contribution in [2.24, 2.45) is 0 Å². The summed E-state index contributed by atoms with van der Waals surface area (Å²) in [5, 5.41) is 0. The second-order valence-corrected chi connectivity index (χ2v) is 3.90. The van der Waals surface area contributed by atoms with E-state index in [1.807, 2.05) is 0 Å². The fourth-order valence-electron chi connectivity index (χ4n) is 1.31. The molecule has 1 heteroatoms. The van der Waals surface area contributed by atoms with Gasteiger partial charge in [-0.1, -0.05) is 20.3 Å². The van der Waals surface area contributed by atoms with Crippen LogP contribution < -0.4 is 4.74 Å². The van der Waals surface area contributed by atoms with Crippen molar-refractivity contribution in [3.63, 3.8) is 0 Å². The zero-order chi connectivity index (χ0) is 11.8. The Balaban J connectivity index is 0.000000187. The van der Waals surface area contributed by atoms with Gasteiger partial charge in [0.2, 0.25) is 0 Å². The Morgan fingerprint density at radius 3 is 2.25 bits per heavy atom. The third-order valence-electron chi connectivity index (χ3n) is 2.30. The summed E-state index contributed by atoms with van der Waals surface area (Å²) in [6.45, 7) is 5.09. The highest BCUT2D eigenvalue weighted by Gasteiger charge is 2.14. The van der Waals surface area contributed by atoms with Crippen LogP contribution in [0.4, 0.5) is 0 Å². The third kappa shape index (κ3) is 4.40. The van der Waals surface area contributed by atoms with E-state index < -0.39 is 0 Å². The van der Waals surface area contributed by atoms with Gasteiger partial charge >= 0.3 is 0 Å². The number of ether oxygens (including phenoxy) is 1. The molecule has 0 spiro atoms. The van der Waals surface area contributed by atoms with Crippen LogP contribution in [0.25, 0.3) is 11.1 Å². The summed E-state index contributed by atoms with van der Waals surface area (Å²) >= 11 is 0. The van der Waals surface area contributed by atoms with E-state index >= 15 is 0 Å². The van der Waals surface area contributed by atoms with Crippen molar-refractivity contribution in [1.82, 2.24) is 0 Å². The van der Waals surface area contributed by atoms with Gasteiger partial charge < -0.3 is 4.74 Å². The van der Waals surface area contributed by atoms with Gasteiger partial charge in [-0.25, -0.2) is 0 Å². The van der Waals surface area contributed by atoms with Crippen molar-refractivity contribution in [3.8, 4) is 29.2 Å². The fraction of sp³-hybridized carbons (Fsp3) is 0.467. The largest absolute Gasteiger partial charge is 0.494 e. The Hall–Kier alpha value is -1.42. The van der Waals surface area contributed by atoms with Crippen LogP contribution in [-0.4, -0.2) is 6.61 Å². The van der Waals surface area contributed by atoms with Gasteiger partial charge in [-0.2, -0.15) is 0 Å². The lowest BCUT2D eigenvalue weighted by Gasteiger charge is -1.98. The summed E-state index contributed by atoms with van der Waals surface area (Å²) < 4.78 is 5.40. The number of terminal acetylenes is 1. The quantitative estimate of drug-likeness (QED) is 0.536. The summed E-state index contributed by atoms with van der Waals surface area (Å²) in [7, 11) is 0. The Morgan fingerprint density at radius 1 is 1.12 bits per heavy atom. The van der Waals surface area contributed by atoms with Crippen LogP contribution >= 0.6 is 0 Å². The van der Waals surface area contributed by atoms with Crippen LogP contribution in [0.15, 0.2) is 18.2 Å². The minimum absolute atomic E-state index is 0.836. The molecule has 0 aromatic heterocycles. The Kier molecular flexibility index (Phi) is 5.50. The molecule has 0 atom stereocenters. The molecule has 0 radical (unpaired) electrons. The fourth-order valence-corrected chi connectivity index (χ4v) is 1.31. The van der Waals surface area contributed by atoms with Gasteiger partial charge in [0.05, 0.1) is 6.61 Å². The van der Waals surface area contributed by atoms with E-state index in [-0.39, 0.29) is 0 Å². The number of hydrogen-bond donors (Lipinski definition) is 0. The average Bonchev–Trinajstić information content (AvgIpc) is 2.92. The molecule has 0 aromatic rings. The van der Waals surface area contributed by atoms with Crippen LogP contribution in [0.3, 0.4) is 0 Å².